The first-order valence-electron chi connectivity index (χ1n) is 9.60. The van der Waals surface area contributed by atoms with Crippen LogP contribution in [0.5, 0.6) is 11.5 Å². The van der Waals surface area contributed by atoms with E-state index in [1.54, 1.807) is 19.3 Å². The van der Waals surface area contributed by atoms with Crippen molar-refractivity contribution in [3.05, 3.63) is 45.8 Å². The number of rotatable bonds is 7. The number of carbonyl (C=O) groups is 2. The van der Waals surface area contributed by atoms with E-state index in [0.29, 0.717) is 28.7 Å². The molecule has 29 heavy (non-hydrogen) atoms. The highest BCUT2D eigenvalue weighted by Crippen LogP contribution is 2.38. The maximum atomic E-state index is 12.5. The van der Waals surface area contributed by atoms with Crippen molar-refractivity contribution in [1.29, 1.82) is 0 Å². The Kier molecular flexibility index (Phi) is 6.93. The summed E-state index contributed by atoms with van der Waals surface area (Å²) in [6.07, 6.45) is 7.05. The molecule has 0 atom stereocenters. The van der Waals surface area contributed by atoms with Gasteiger partial charge in [0.25, 0.3) is 0 Å². The van der Waals surface area contributed by atoms with Crippen molar-refractivity contribution in [1.82, 2.24) is 0 Å². The van der Waals surface area contributed by atoms with Crippen LogP contribution < -0.4 is 14.8 Å². The molecule has 0 saturated heterocycles. The van der Waals surface area contributed by atoms with Gasteiger partial charge in [-0.25, -0.2) is 4.79 Å². The van der Waals surface area contributed by atoms with Crippen molar-refractivity contribution in [3.63, 3.8) is 0 Å². The molecule has 0 unspecified atom stereocenters. The Morgan fingerprint density at radius 3 is 2.69 bits per heavy atom. The minimum atomic E-state index is -0.403. The van der Waals surface area contributed by atoms with Gasteiger partial charge in [0.1, 0.15) is 5.00 Å². The minimum Gasteiger partial charge on any atom is -0.493 e. The molecular formula is C22H25NO5S. The summed E-state index contributed by atoms with van der Waals surface area (Å²) in [5.41, 5.74) is 2.32. The molecule has 1 amide bonds. The molecule has 154 valence electrons. The molecule has 0 saturated carbocycles. The zero-order valence-electron chi connectivity index (χ0n) is 16.9. The first-order valence-corrected chi connectivity index (χ1v) is 10.4. The number of benzene rings is 1. The second kappa shape index (κ2) is 9.60. The Hall–Kier alpha value is -2.80. The van der Waals surface area contributed by atoms with E-state index in [-0.39, 0.29) is 5.91 Å². The van der Waals surface area contributed by atoms with Gasteiger partial charge in [-0.3, -0.25) is 4.79 Å². The van der Waals surface area contributed by atoms with Gasteiger partial charge < -0.3 is 19.5 Å². The van der Waals surface area contributed by atoms with Gasteiger partial charge in [0, 0.05) is 11.0 Å². The monoisotopic (exact) mass is 415 g/mol. The molecular weight excluding hydrogens is 390 g/mol. The number of fused-ring (bicyclic) bond motifs is 1. The van der Waals surface area contributed by atoms with Crippen LogP contribution in [0.3, 0.4) is 0 Å². The predicted octanol–water partition coefficient (Wildman–Crippen LogP) is 4.47. The van der Waals surface area contributed by atoms with E-state index in [2.05, 4.69) is 5.32 Å². The number of hydrogen-bond acceptors (Lipinski definition) is 6. The number of amides is 1. The van der Waals surface area contributed by atoms with Gasteiger partial charge in [0.2, 0.25) is 5.91 Å². The number of ether oxygens (including phenoxy) is 3. The van der Waals surface area contributed by atoms with E-state index in [1.807, 2.05) is 19.1 Å². The third kappa shape index (κ3) is 4.79. The van der Waals surface area contributed by atoms with Gasteiger partial charge in [-0.1, -0.05) is 6.07 Å². The first kappa shape index (κ1) is 20.9. The molecule has 0 aliphatic heterocycles. The van der Waals surface area contributed by atoms with E-state index in [0.717, 1.165) is 41.7 Å². The minimum absolute atomic E-state index is 0.304. The lowest BCUT2D eigenvalue weighted by Gasteiger charge is -2.11. The lowest BCUT2D eigenvalue weighted by Crippen LogP contribution is -2.13. The summed E-state index contributed by atoms with van der Waals surface area (Å²) in [7, 11) is 2.94. The Bertz CT molecular complexity index is 932. The van der Waals surface area contributed by atoms with Crippen molar-refractivity contribution < 1.29 is 23.8 Å². The third-order valence-corrected chi connectivity index (χ3v) is 5.92. The summed E-state index contributed by atoms with van der Waals surface area (Å²) in [5.74, 6) is 0.554. The van der Waals surface area contributed by atoms with Crippen LogP contribution in [0.4, 0.5) is 5.00 Å². The number of hydrogen-bond donors (Lipinski definition) is 1. The zero-order chi connectivity index (χ0) is 20.8. The van der Waals surface area contributed by atoms with Crippen LogP contribution >= 0.6 is 11.3 Å². The molecule has 1 aromatic carbocycles. The zero-order valence-corrected chi connectivity index (χ0v) is 17.7. The van der Waals surface area contributed by atoms with Crippen molar-refractivity contribution in [2.24, 2.45) is 0 Å². The summed E-state index contributed by atoms with van der Waals surface area (Å²) in [4.78, 5) is 25.9. The smallest absolute Gasteiger partial charge is 0.341 e. The molecule has 0 fully saturated rings. The van der Waals surface area contributed by atoms with E-state index < -0.39 is 5.97 Å². The molecule has 0 spiro atoms. The summed E-state index contributed by atoms with van der Waals surface area (Å²) in [6, 6.07) is 5.46. The molecule has 1 aromatic heterocycles. The lowest BCUT2D eigenvalue weighted by atomic mass is 9.95. The van der Waals surface area contributed by atoms with Crippen LogP contribution in [-0.2, 0) is 22.4 Å². The number of thiophene rings is 1. The quantitative estimate of drug-likeness (QED) is 0.533. The Labute approximate surface area is 174 Å². The number of esters is 1. The van der Waals surface area contributed by atoms with E-state index in [4.69, 9.17) is 14.2 Å². The van der Waals surface area contributed by atoms with Gasteiger partial charge in [-0.15, -0.1) is 11.3 Å². The average Bonchev–Trinajstić information content (AvgIpc) is 3.10. The normalized spacial score (nSPS) is 13.1. The summed E-state index contributed by atoms with van der Waals surface area (Å²) >= 11 is 1.47. The van der Waals surface area contributed by atoms with Gasteiger partial charge in [0.05, 0.1) is 26.4 Å². The first-order chi connectivity index (χ1) is 14.1. The molecule has 1 aliphatic rings. The number of anilines is 1. The lowest BCUT2D eigenvalue weighted by molar-refractivity contribution is -0.111. The van der Waals surface area contributed by atoms with Crippen LogP contribution in [0.1, 0.15) is 46.1 Å². The fourth-order valence-electron chi connectivity index (χ4n) is 3.36. The Morgan fingerprint density at radius 1 is 1.17 bits per heavy atom. The third-order valence-electron chi connectivity index (χ3n) is 4.71. The highest BCUT2D eigenvalue weighted by atomic mass is 32.1. The van der Waals surface area contributed by atoms with E-state index in [9.17, 15) is 9.59 Å². The average molecular weight is 416 g/mol. The summed E-state index contributed by atoms with van der Waals surface area (Å²) in [5, 5.41) is 3.41. The van der Waals surface area contributed by atoms with Crippen molar-refractivity contribution in [2.75, 3.05) is 26.1 Å². The van der Waals surface area contributed by atoms with Crippen LogP contribution in [0, 0.1) is 0 Å². The molecule has 3 rings (SSSR count). The van der Waals surface area contributed by atoms with Crippen molar-refractivity contribution >= 4 is 34.3 Å². The molecule has 1 heterocycles. The molecule has 1 N–H and O–H groups in total. The van der Waals surface area contributed by atoms with Gasteiger partial charge >= 0.3 is 5.97 Å². The molecule has 7 heteroatoms. The molecule has 1 aliphatic carbocycles. The highest BCUT2D eigenvalue weighted by molar-refractivity contribution is 7.17. The maximum Gasteiger partial charge on any atom is 0.341 e. The van der Waals surface area contributed by atoms with Gasteiger partial charge in [-0.2, -0.15) is 0 Å². The molecule has 0 bridgehead atoms. The second-order valence-corrected chi connectivity index (χ2v) is 7.68. The second-order valence-electron chi connectivity index (χ2n) is 6.57. The predicted molar refractivity (Wildman–Crippen MR) is 114 cm³/mol. The standard InChI is InChI=1S/C22H25NO5S/c1-4-28-16-11-9-14(13-17(16)26-2)10-12-19(24)23-21-20(22(25)27-3)15-7-5-6-8-18(15)29-21/h9-13H,4-8H2,1-3H3,(H,23,24)/b12-10+. The van der Waals surface area contributed by atoms with E-state index >= 15 is 0 Å². The molecule has 2 aromatic rings. The van der Waals surface area contributed by atoms with Crippen LogP contribution in [0.25, 0.3) is 6.08 Å². The Morgan fingerprint density at radius 2 is 1.97 bits per heavy atom. The van der Waals surface area contributed by atoms with E-state index in [1.165, 1.54) is 24.5 Å². The van der Waals surface area contributed by atoms with Crippen LogP contribution in [0.15, 0.2) is 24.3 Å². The highest BCUT2D eigenvalue weighted by Gasteiger charge is 2.26. The fourth-order valence-corrected chi connectivity index (χ4v) is 4.64. The Balaban J connectivity index is 1.77. The number of carbonyl (C=O) groups excluding carboxylic acids is 2. The number of nitrogens with one attached hydrogen (secondary N) is 1. The SMILES string of the molecule is CCOc1ccc(/C=C/C(=O)Nc2sc3c(c2C(=O)OC)CCCC3)cc1OC. The van der Waals surface area contributed by atoms with Crippen LogP contribution in [-0.4, -0.2) is 32.7 Å². The largest absolute Gasteiger partial charge is 0.493 e. The van der Waals surface area contributed by atoms with Crippen molar-refractivity contribution in [2.45, 2.75) is 32.6 Å². The van der Waals surface area contributed by atoms with Gasteiger partial charge in [0.15, 0.2) is 11.5 Å². The number of methoxy groups -OCH3 is 2. The maximum absolute atomic E-state index is 12.5. The van der Waals surface area contributed by atoms with Gasteiger partial charge in [-0.05, 0) is 61.9 Å². The topological polar surface area (TPSA) is 73.9 Å². The summed E-state index contributed by atoms with van der Waals surface area (Å²) < 4.78 is 15.8. The van der Waals surface area contributed by atoms with Crippen LogP contribution in [0.2, 0.25) is 0 Å². The molecule has 6 nitrogen and oxygen atoms in total. The fraction of sp³-hybridized carbons (Fsp3) is 0.364. The number of aryl methyl sites for hydroxylation is 1. The molecule has 0 radical (unpaired) electrons. The summed E-state index contributed by atoms with van der Waals surface area (Å²) in [6.45, 7) is 2.45. The van der Waals surface area contributed by atoms with Crippen molar-refractivity contribution in [3.8, 4) is 11.5 Å².